The number of hydrogen-bond donors (Lipinski definition) is 0. The highest BCUT2D eigenvalue weighted by Gasteiger charge is 2.32. The molecule has 0 spiro atoms. The standard InChI is InChI=1S/C36H78OSi2/c1-7-9-11-13-15-17-19-21-23-25-27-29-31-33-35-38(3,4)37-39(5,6)36-34-32-30-28-26-24-22-20-18-16-14-12-10-8-2/h7-36H2,1-6H3. The van der Waals surface area contributed by atoms with Gasteiger partial charge in [-0.3, -0.25) is 0 Å². The lowest BCUT2D eigenvalue weighted by atomic mass is 10.0. The van der Waals surface area contributed by atoms with Crippen LogP contribution in [0.5, 0.6) is 0 Å². The number of unbranched alkanes of at least 4 members (excludes halogenated alkanes) is 26. The van der Waals surface area contributed by atoms with E-state index in [9.17, 15) is 0 Å². The van der Waals surface area contributed by atoms with Crippen LogP contribution in [-0.2, 0) is 4.12 Å². The van der Waals surface area contributed by atoms with Crippen LogP contribution in [0.4, 0.5) is 0 Å². The van der Waals surface area contributed by atoms with Crippen molar-refractivity contribution in [2.45, 2.75) is 232 Å². The molecule has 3 heteroatoms. The van der Waals surface area contributed by atoms with Crippen molar-refractivity contribution in [2.24, 2.45) is 0 Å². The van der Waals surface area contributed by atoms with Gasteiger partial charge in [0, 0.05) is 0 Å². The van der Waals surface area contributed by atoms with E-state index in [2.05, 4.69) is 40.0 Å². The molecule has 1 nitrogen and oxygen atoms in total. The molecule has 0 aromatic carbocycles. The quantitative estimate of drug-likeness (QED) is 0.0566. The second kappa shape index (κ2) is 28.5. The maximum absolute atomic E-state index is 6.93. The summed E-state index contributed by atoms with van der Waals surface area (Å²) < 4.78 is 6.93. The summed E-state index contributed by atoms with van der Waals surface area (Å²) in [6.45, 7) is 14.6. The molecule has 0 aromatic rings. The summed E-state index contributed by atoms with van der Waals surface area (Å²) in [6, 6.07) is 2.75. The Kier molecular flexibility index (Phi) is 28.8. The van der Waals surface area contributed by atoms with Crippen LogP contribution in [0.25, 0.3) is 0 Å². The number of rotatable bonds is 32. The van der Waals surface area contributed by atoms with Crippen LogP contribution in [0.3, 0.4) is 0 Å². The van der Waals surface area contributed by atoms with E-state index in [1.165, 1.54) is 192 Å². The van der Waals surface area contributed by atoms with E-state index < -0.39 is 16.6 Å². The van der Waals surface area contributed by atoms with Gasteiger partial charge in [0.25, 0.3) is 0 Å². The summed E-state index contributed by atoms with van der Waals surface area (Å²) in [5.74, 6) is 0. The molecule has 0 rings (SSSR count). The second-order valence-electron chi connectivity index (χ2n) is 14.3. The summed E-state index contributed by atoms with van der Waals surface area (Å²) in [5, 5.41) is 0. The summed E-state index contributed by atoms with van der Waals surface area (Å²) in [7, 11) is -2.97. The third kappa shape index (κ3) is 31.2. The van der Waals surface area contributed by atoms with Gasteiger partial charge < -0.3 is 4.12 Å². The molecule has 0 atom stereocenters. The van der Waals surface area contributed by atoms with Gasteiger partial charge in [-0.1, -0.05) is 194 Å². The lowest BCUT2D eigenvalue weighted by molar-refractivity contribution is 0.513. The molecule has 0 aromatic heterocycles. The van der Waals surface area contributed by atoms with E-state index in [0.29, 0.717) is 0 Å². The highest BCUT2D eigenvalue weighted by Crippen LogP contribution is 2.26. The van der Waals surface area contributed by atoms with E-state index in [4.69, 9.17) is 4.12 Å². The SMILES string of the molecule is CCCCCCCCCCCCCCCC[Si](C)(C)O[Si](C)(C)CCCCCCCCCCCCCCCC. The molecule has 39 heavy (non-hydrogen) atoms. The average molecular weight is 583 g/mol. The Morgan fingerprint density at radius 2 is 0.462 bits per heavy atom. The third-order valence-electron chi connectivity index (χ3n) is 8.82. The first-order valence-corrected chi connectivity index (χ1v) is 24.8. The van der Waals surface area contributed by atoms with Gasteiger partial charge in [0.2, 0.25) is 0 Å². The summed E-state index contributed by atoms with van der Waals surface area (Å²) in [5.41, 5.74) is 0. The first-order chi connectivity index (χ1) is 18.8. The normalized spacial score (nSPS) is 12.5. The van der Waals surface area contributed by atoms with Gasteiger partial charge in [-0.2, -0.15) is 0 Å². The largest absolute Gasteiger partial charge is 0.455 e. The van der Waals surface area contributed by atoms with Gasteiger partial charge in [0.1, 0.15) is 0 Å². The molecular formula is C36H78OSi2. The van der Waals surface area contributed by atoms with Crippen LogP contribution in [0, 0.1) is 0 Å². The fourth-order valence-corrected chi connectivity index (χ4v) is 15.3. The molecule has 0 fully saturated rings. The van der Waals surface area contributed by atoms with Crippen molar-refractivity contribution in [2.75, 3.05) is 0 Å². The van der Waals surface area contributed by atoms with Crippen molar-refractivity contribution in [3.05, 3.63) is 0 Å². The van der Waals surface area contributed by atoms with E-state index in [0.717, 1.165) is 0 Å². The maximum atomic E-state index is 6.93. The van der Waals surface area contributed by atoms with Crippen LogP contribution in [0.1, 0.15) is 194 Å². The Balaban J connectivity index is 3.55. The monoisotopic (exact) mass is 583 g/mol. The van der Waals surface area contributed by atoms with Gasteiger partial charge in [0.15, 0.2) is 16.6 Å². The maximum Gasteiger partial charge on any atom is 0.173 e. The van der Waals surface area contributed by atoms with Crippen molar-refractivity contribution in [1.29, 1.82) is 0 Å². The van der Waals surface area contributed by atoms with E-state index in [1.54, 1.807) is 0 Å². The summed E-state index contributed by atoms with van der Waals surface area (Å²) in [6.07, 6.45) is 40.6. The predicted molar refractivity (Wildman–Crippen MR) is 186 cm³/mol. The van der Waals surface area contributed by atoms with Crippen molar-refractivity contribution >= 4 is 16.6 Å². The molecule has 0 radical (unpaired) electrons. The Labute approximate surface area is 252 Å². The third-order valence-corrected chi connectivity index (χ3v) is 16.4. The first kappa shape index (κ1) is 39.4. The molecule has 0 saturated carbocycles. The Morgan fingerprint density at radius 3 is 0.667 bits per heavy atom. The summed E-state index contributed by atoms with van der Waals surface area (Å²) in [4.78, 5) is 0. The summed E-state index contributed by atoms with van der Waals surface area (Å²) >= 11 is 0. The van der Waals surface area contributed by atoms with Crippen LogP contribution in [-0.4, -0.2) is 16.6 Å². The highest BCUT2D eigenvalue weighted by atomic mass is 28.4. The molecule has 236 valence electrons. The van der Waals surface area contributed by atoms with Crippen LogP contribution in [0.2, 0.25) is 38.3 Å². The Hall–Kier alpha value is 0.394. The molecular weight excluding hydrogens is 505 g/mol. The Morgan fingerprint density at radius 1 is 0.282 bits per heavy atom. The molecule has 0 aliphatic rings. The zero-order valence-electron chi connectivity index (χ0n) is 28.6. The van der Waals surface area contributed by atoms with E-state index in [-0.39, 0.29) is 0 Å². The van der Waals surface area contributed by atoms with Gasteiger partial charge in [-0.05, 0) is 38.3 Å². The second-order valence-corrected chi connectivity index (χ2v) is 23.2. The zero-order chi connectivity index (χ0) is 28.9. The fourth-order valence-electron chi connectivity index (χ4n) is 6.34. The average Bonchev–Trinajstić information content (AvgIpc) is 2.88. The first-order valence-electron chi connectivity index (χ1n) is 18.5. The van der Waals surface area contributed by atoms with Gasteiger partial charge in [-0.15, -0.1) is 0 Å². The molecule has 0 unspecified atom stereocenters. The molecule has 0 saturated heterocycles. The lowest BCUT2D eigenvalue weighted by Gasteiger charge is -2.34. The lowest BCUT2D eigenvalue weighted by Crippen LogP contribution is -2.44. The van der Waals surface area contributed by atoms with Gasteiger partial charge in [-0.25, -0.2) is 0 Å². The minimum atomic E-state index is -1.49. The van der Waals surface area contributed by atoms with Crippen molar-refractivity contribution < 1.29 is 4.12 Å². The molecule has 0 heterocycles. The van der Waals surface area contributed by atoms with Gasteiger partial charge >= 0.3 is 0 Å². The van der Waals surface area contributed by atoms with Crippen molar-refractivity contribution in [1.82, 2.24) is 0 Å². The van der Waals surface area contributed by atoms with Crippen LogP contribution < -0.4 is 0 Å². The zero-order valence-corrected chi connectivity index (χ0v) is 30.6. The minimum absolute atomic E-state index is 1.37. The van der Waals surface area contributed by atoms with E-state index in [1.807, 2.05) is 0 Å². The highest BCUT2D eigenvalue weighted by molar-refractivity contribution is 6.84. The van der Waals surface area contributed by atoms with Crippen molar-refractivity contribution in [3.63, 3.8) is 0 Å². The number of hydrogen-bond acceptors (Lipinski definition) is 1. The van der Waals surface area contributed by atoms with Gasteiger partial charge in [0.05, 0.1) is 0 Å². The van der Waals surface area contributed by atoms with Crippen molar-refractivity contribution in [3.8, 4) is 0 Å². The molecule has 0 amide bonds. The molecule has 0 aliphatic heterocycles. The Bertz CT molecular complexity index is 435. The van der Waals surface area contributed by atoms with E-state index >= 15 is 0 Å². The fraction of sp³-hybridized carbons (Fsp3) is 1.00. The minimum Gasteiger partial charge on any atom is -0.455 e. The molecule has 0 aliphatic carbocycles. The topological polar surface area (TPSA) is 9.23 Å². The molecule has 0 N–H and O–H groups in total. The smallest absolute Gasteiger partial charge is 0.173 e. The van der Waals surface area contributed by atoms with Crippen LogP contribution >= 0.6 is 0 Å². The predicted octanol–water partition coefficient (Wildman–Crippen LogP) is 14.4. The van der Waals surface area contributed by atoms with Crippen LogP contribution in [0.15, 0.2) is 0 Å². The molecule has 0 bridgehead atoms.